The molecule has 3 unspecified atom stereocenters. The largest absolute Gasteiger partial charge is 0.452 e. The fourth-order valence-corrected chi connectivity index (χ4v) is 3.30. The lowest BCUT2D eigenvalue weighted by Gasteiger charge is -2.41. The van der Waals surface area contributed by atoms with Crippen molar-refractivity contribution < 1.29 is 26.7 Å². The number of thiocarbonyl (C=S) groups is 1. The highest BCUT2D eigenvalue weighted by Gasteiger charge is 2.54. The van der Waals surface area contributed by atoms with E-state index in [1.807, 2.05) is 0 Å². The number of amidine groups is 1. The molecule has 0 saturated heterocycles. The van der Waals surface area contributed by atoms with Crippen molar-refractivity contribution in [3.05, 3.63) is 23.6 Å². The lowest BCUT2D eigenvalue weighted by Crippen LogP contribution is -2.53. The number of ether oxygens (including phenoxy) is 1. The molecule has 0 aromatic rings. The molecule has 2 rings (SSSR count). The van der Waals surface area contributed by atoms with E-state index in [0.717, 1.165) is 6.08 Å². The molecule has 1 heterocycles. The number of hydrogen-bond donors (Lipinski definition) is 2. The van der Waals surface area contributed by atoms with Gasteiger partial charge in [-0.05, 0) is 25.5 Å². The summed E-state index contributed by atoms with van der Waals surface area (Å²) in [6.07, 6.45) is -5.65. The first-order valence-corrected chi connectivity index (χ1v) is 8.67. The Morgan fingerprint density at radius 3 is 2.71 bits per heavy atom. The van der Waals surface area contributed by atoms with E-state index in [2.05, 4.69) is 21.6 Å². The molecule has 28 heavy (non-hydrogen) atoms. The van der Waals surface area contributed by atoms with Gasteiger partial charge in [0.25, 0.3) is 6.02 Å². The summed E-state index contributed by atoms with van der Waals surface area (Å²) in [5.74, 6) is 3.26. The van der Waals surface area contributed by atoms with Crippen LogP contribution in [0.15, 0.2) is 28.5 Å². The van der Waals surface area contributed by atoms with Crippen LogP contribution < -0.4 is 5.73 Å². The second-order valence-corrected chi connectivity index (χ2v) is 7.16. The second-order valence-electron chi connectivity index (χ2n) is 6.67. The highest BCUT2D eigenvalue weighted by Crippen LogP contribution is 2.44. The maximum atomic E-state index is 14.5. The number of halogens is 5. The molecular formula is C18H18F5N3OS. The average molecular weight is 419 g/mol. The molecule has 0 aromatic heterocycles. The van der Waals surface area contributed by atoms with Gasteiger partial charge in [-0.2, -0.15) is 13.2 Å². The van der Waals surface area contributed by atoms with Gasteiger partial charge in [-0.3, -0.25) is 0 Å². The Hall–Kier alpha value is -2.28. The van der Waals surface area contributed by atoms with Gasteiger partial charge >= 0.3 is 6.18 Å². The fourth-order valence-electron chi connectivity index (χ4n) is 3.04. The third kappa shape index (κ3) is 5.16. The molecule has 0 aromatic carbocycles. The smallest absolute Gasteiger partial charge is 0.425 e. The first kappa shape index (κ1) is 22.0. The summed E-state index contributed by atoms with van der Waals surface area (Å²) in [5, 5.41) is 7.38. The van der Waals surface area contributed by atoms with Crippen molar-refractivity contribution in [2.45, 2.75) is 44.0 Å². The standard InChI is InChI=1S/C18H18F5N3OS/c1-10(24)6-12(28)4-2-11-3-5-14(20)13(7-11)17(9-19)8-15(18(21,22)23)27-16(25)26-17/h3,5,13,15,24H,6-9H2,1H3,(H2,25,26). The summed E-state index contributed by atoms with van der Waals surface area (Å²) < 4.78 is 72.3. The Labute approximate surface area is 164 Å². The zero-order valence-corrected chi connectivity index (χ0v) is 15.7. The lowest BCUT2D eigenvalue weighted by molar-refractivity contribution is -0.210. The molecule has 2 aliphatic rings. The third-order valence-corrected chi connectivity index (χ3v) is 4.62. The lowest BCUT2D eigenvalue weighted by atomic mass is 9.74. The number of nitrogens with zero attached hydrogens (tertiary/aromatic N) is 1. The Balaban J connectivity index is 2.30. The van der Waals surface area contributed by atoms with Gasteiger partial charge in [0.2, 0.25) is 0 Å². The van der Waals surface area contributed by atoms with Crippen LogP contribution in [0.3, 0.4) is 0 Å². The van der Waals surface area contributed by atoms with Crippen molar-refractivity contribution in [3.8, 4) is 11.8 Å². The summed E-state index contributed by atoms with van der Waals surface area (Å²) in [5.41, 5.74) is 3.99. The third-order valence-electron chi connectivity index (χ3n) is 4.37. The van der Waals surface area contributed by atoms with Crippen molar-refractivity contribution in [2.24, 2.45) is 16.6 Å². The Kier molecular flexibility index (Phi) is 6.59. The zero-order chi connectivity index (χ0) is 21.1. The molecule has 4 nitrogen and oxygen atoms in total. The Morgan fingerprint density at radius 1 is 1.46 bits per heavy atom. The molecule has 0 amide bonds. The first-order chi connectivity index (χ1) is 13.0. The van der Waals surface area contributed by atoms with Crippen LogP contribution in [0.25, 0.3) is 0 Å². The predicted molar refractivity (Wildman–Crippen MR) is 99.6 cm³/mol. The van der Waals surface area contributed by atoms with Gasteiger partial charge in [0.05, 0.1) is 4.86 Å². The number of nitrogens with one attached hydrogen (secondary N) is 1. The first-order valence-electron chi connectivity index (χ1n) is 8.26. The molecule has 0 radical (unpaired) electrons. The average Bonchev–Trinajstić information content (AvgIpc) is 2.59. The normalized spacial score (nSPS) is 27.4. The molecule has 3 atom stereocenters. The molecule has 0 fully saturated rings. The van der Waals surface area contributed by atoms with Crippen LogP contribution in [0.4, 0.5) is 22.0 Å². The number of nitrogens with two attached hydrogens (primary N) is 1. The number of hydrogen-bond acceptors (Lipinski definition) is 5. The highest BCUT2D eigenvalue weighted by molar-refractivity contribution is 7.81. The number of aliphatic imine (C=N–C) groups is 1. The predicted octanol–water partition coefficient (Wildman–Crippen LogP) is 3.96. The van der Waals surface area contributed by atoms with Crippen LogP contribution in [-0.2, 0) is 4.74 Å². The monoisotopic (exact) mass is 419 g/mol. The van der Waals surface area contributed by atoms with E-state index in [4.69, 9.17) is 23.4 Å². The maximum absolute atomic E-state index is 14.5. The van der Waals surface area contributed by atoms with Gasteiger partial charge in [-0.25, -0.2) is 13.8 Å². The van der Waals surface area contributed by atoms with Gasteiger partial charge in [0.1, 0.15) is 18.0 Å². The fraction of sp³-hybridized carbons (Fsp3) is 0.500. The molecular weight excluding hydrogens is 401 g/mol. The minimum Gasteiger partial charge on any atom is -0.452 e. The molecule has 3 N–H and O–H groups in total. The van der Waals surface area contributed by atoms with Crippen LogP contribution in [0.2, 0.25) is 0 Å². The van der Waals surface area contributed by atoms with Crippen molar-refractivity contribution in [2.75, 3.05) is 6.67 Å². The van der Waals surface area contributed by atoms with Gasteiger partial charge < -0.3 is 15.9 Å². The molecule has 1 aliphatic heterocycles. The van der Waals surface area contributed by atoms with Crippen LogP contribution in [-0.4, -0.2) is 41.1 Å². The number of allylic oxidation sites excluding steroid dienone is 3. The topological polar surface area (TPSA) is 71.5 Å². The number of rotatable bonds is 4. The molecule has 0 bridgehead atoms. The van der Waals surface area contributed by atoms with Crippen LogP contribution in [0, 0.1) is 23.2 Å². The summed E-state index contributed by atoms with van der Waals surface area (Å²) in [6.45, 7) is 0.222. The van der Waals surface area contributed by atoms with E-state index < -0.39 is 48.7 Å². The van der Waals surface area contributed by atoms with E-state index in [0.29, 0.717) is 16.1 Å². The summed E-state index contributed by atoms with van der Waals surface area (Å²) in [7, 11) is 0. The SMILES string of the molecule is CC(=N)CC(=S)C#CC1=CC=C(F)C(C2(CF)CC(C(F)(F)F)OC(N)=N2)C1. The van der Waals surface area contributed by atoms with Gasteiger partial charge in [-0.15, -0.1) is 0 Å². The van der Waals surface area contributed by atoms with Gasteiger partial charge in [0.15, 0.2) is 6.10 Å². The van der Waals surface area contributed by atoms with Crippen molar-refractivity contribution in [3.63, 3.8) is 0 Å². The van der Waals surface area contributed by atoms with Crippen LogP contribution in [0.1, 0.15) is 26.2 Å². The summed E-state index contributed by atoms with van der Waals surface area (Å²) in [6, 6.07) is -0.830. The van der Waals surface area contributed by atoms with E-state index in [-0.39, 0.29) is 12.8 Å². The maximum Gasteiger partial charge on any atom is 0.425 e. The van der Waals surface area contributed by atoms with E-state index in [1.165, 1.54) is 6.08 Å². The van der Waals surface area contributed by atoms with E-state index in [1.54, 1.807) is 6.92 Å². The van der Waals surface area contributed by atoms with Crippen molar-refractivity contribution in [1.29, 1.82) is 5.41 Å². The Morgan fingerprint density at radius 2 is 2.14 bits per heavy atom. The molecule has 152 valence electrons. The molecule has 10 heteroatoms. The second kappa shape index (κ2) is 8.39. The minimum atomic E-state index is -4.80. The summed E-state index contributed by atoms with van der Waals surface area (Å²) in [4.78, 5) is 4.02. The zero-order valence-electron chi connectivity index (χ0n) is 14.9. The highest BCUT2D eigenvalue weighted by atomic mass is 32.1. The Bertz CT molecular complexity index is 821. The van der Waals surface area contributed by atoms with Crippen molar-refractivity contribution in [1.82, 2.24) is 0 Å². The molecule has 1 aliphatic carbocycles. The van der Waals surface area contributed by atoms with Crippen LogP contribution >= 0.6 is 12.2 Å². The summed E-state index contributed by atoms with van der Waals surface area (Å²) >= 11 is 5.02. The van der Waals surface area contributed by atoms with E-state index in [9.17, 15) is 22.0 Å². The number of alkyl halides is 4. The minimum absolute atomic E-state index is 0.160. The van der Waals surface area contributed by atoms with Gasteiger partial charge in [0, 0.05) is 30.0 Å². The van der Waals surface area contributed by atoms with Gasteiger partial charge in [-0.1, -0.05) is 24.1 Å². The quantitative estimate of drug-likeness (QED) is 0.314. The molecule has 0 spiro atoms. The van der Waals surface area contributed by atoms with Crippen molar-refractivity contribution >= 4 is 28.8 Å². The van der Waals surface area contributed by atoms with E-state index >= 15 is 0 Å². The molecule has 0 saturated carbocycles. The van der Waals surface area contributed by atoms with Crippen LogP contribution in [0.5, 0.6) is 0 Å².